The van der Waals surface area contributed by atoms with Crippen molar-refractivity contribution in [3.63, 3.8) is 0 Å². The van der Waals surface area contributed by atoms with Crippen LogP contribution in [0.3, 0.4) is 0 Å². The van der Waals surface area contributed by atoms with Gasteiger partial charge in [-0.1, -0.05) is 13.8 Å². The summed E-state index contributed by atoms with van der Waals surface area (Å²) in [6, 6.07) is 3.22. The Morgan fingerprint density at radius 3 is 2.60 bits per heavy atom. The number of aryl methyl sites for hydroxylation is 2. The van der Waals surface area contributed by atoms with Gasteiger partial charge in [0.2, 0.25) is 5.95 Å². The molecule has 1 amide bonds. The van der Waals surface area contributed by atoms with Gasteiger partial charge >= 0.3 is 0 Å². The molecule has 106 valence electrons. The number of furan rings is 1. The molecule has 0 aliphatic heterocycles. The van der Waals surface area contributed by atoms with E-state index in [1.54, 1.807) is 12.1 Å². The standard InChI is InChI=1S/C13H17N5O2/c1-3-9-10(4-2)17-18-13(15-9)16-12(19)11-6-5-8(7-14)20-11/h5-6H,3-4,7,14H2,1-2H3,(H,15,16,18,19). The number of hydrogen-bond donors (Lipinski definition) is 2. The van der Waals surface area contributed by atoms with E-state index in [-0.39, 0.29) is 18.3 Å². The van der Waals surface area contributed by atoms with Crippen LogP contribution in [0.1, 0.15) is 41.6 Å². The van der Waals surface area contributed by atoms with Crippen molar-refractivity contribution in [2.75, 3.05) is 5.32 Å². The molecule has 2 heterocycles. The van der Waals surface area contributed by atoms with Gasteiger partial charge in [0, 0.05) is 0 Å². The minimum absolute atomic E-state index is 0.173. The van der Waals surface area contributed by atoms with Gasteiger partial charge < -0.3 is 10.2 Å². The van der Waals surface area contributed by atoms with Crippen LogP contribution < -0.4 is 11.1 Å². The smallest absolute Gasteiger partial charge is 0.293 e. The first-order chi connectivity index (χ1) is 9.67. The number of hydrogen-bond acceptors (Lipinski definition) is 6. The quantitative estimate of drug-likeness (QED) is 0.851. The lowest BCUT2D eigenvalue weighted by Crippen LogP contribution is -2.16. The molecule has 2 rings (SSSR count). The van der Waals surface area contributed by atoms with Crippen molar-refractivity contribution in [1.29, 1.82) is 0 Å². The number of nitrogens with two attached hydrogens (primary N) is 1. The van der Waals surface area contributed by atoms with Crippen molar-refractivity contribution >= 4 is 11.9 Å². The third-order valence-electron chi connectivity index (χ3n) is 2.82. The lowest BCUT2D eigenvalue weighted by molar-refractivity contribution is 0.0994. The Morgan fingerprint density at radius 2 is 2.00 bits per heavy atom. The highest BCUT2D eigenvalue weighted by Gasteiger charge is 2.14. The van der Waals surface area contributed by atoms with Gasteiger partial charge in [-0.05, 0) is 25.0 Å². The topological polar surface area (TPSA) is 107 Å². The molecule has 2 aromatic rings. The highest BCUT2D eigenvalue weighted by Crippen LogP contribution is 2.11. The van der Waals surface area contributed by atoms with E-state index in [0.29, 0.717) is 5.76 Å². The zero-order chi connectivity index (χ0) is 14.5. The van der Waals surface area contributed by atoms with E-state index in [1.165, 1.54) is 0 Å². The Bertz CT molecular complexity index is 609. The second-order valence-electron chi connectivity index (χ2n) is 4.16. The summed E-state index contributed by atoms with van der Waals surface area (Å²) in [5.74, 6) is 0.476. The third kappa shape index (κ3) is 3.00. The number of nitrogens with one attached hydrogen (secondary N) is 1. The van der Waals surface area contributed by atoms with E-state index in [4.69, 9.17) is 10.2 Å². The van der Waals surface area contributed by atoms with E-state index < -0.39 is 5.91 Å². The normalized spacial score (nSPS) is 10.6. The zero-order valence-electron chi connectivity index (χ0n) is 11.5. The first kappa shape index (κ1) is 14.1. The minimum Gasteiger partial charge on any atom is -0.455 e. The summed E-state index contributed by atoms with van der Waals surface area (Å²) in [4.78, 5) is 16.2. The second kappa shape index (κ2) is 6.25. The van der Waals surface area contributed by atoms with Crippen LogP contribution in [0.4, 0.5) is 5.95 Å². The number of aromatic nitrogens is 3. The number of carbonyl (C=O) groups excluding carboxylic acids is 1. The maximum atomic E-state index is 11.9. The Morgan fingerprint density at radius 1 is 1.25 bits per heavy atom. The van der Waals surface area contributed by atoms with Gasteiger partial charge in [0.05, 0.1) is 17.9 Å². The Labute approximate surface area is 116 Å². The summed E-state index contributed by atoms with van der Waals surface area (Å²) >= 11 is 0. The Kier molecular flexibility index (Phi) is 4.41. The summed E-state index contributed by atoms with van der Waals surface area (Å²) in [6.07, 6.45) is 1.50. The maximum absolute atomic E-state index is 11.9. The summed E-state index contributed by atoms with van der Waals surface area (Å²) in [6.45, 7) is 4.21. The van der Waals surface area contributed by atoms with Crippen LogP contribution in [0, 0.1) is 0 Å². The summed E-state index contributed by atoms with van der Waals surface area (Å²) < 4.78 is 5.26. The first-order valence-electron chi connectivity index (χ1n) is 6.50. The van der Waals surface area contributed by atoms with Crippen LogP contribution in [-0.2, 0) is 19.4 Å². The van der Waals surface area contributed by atoms with E-state index in [2.05, 4.69) is 20.5 Å². The van der Waals surface area contributed by atoms with Gasteiger partial charge in [0.1, 0.15) is 5.76 Å². The van der Waals surface area contributed by atoms with Gasteiger partial charge in [-0.15, -0.1) is 10.2 Å². The Balaban J connectivity index is 2.15. The second-order valence-corrected chi connectivity index (χ2v) is 4.16. The summed E-state index contributed by atoms with van der Waals surface area (Å²) in [7, 11) is 0. The predicted octanol–water partition coefficient (Wildman–Crippen LogP) is 1.30. The number of anilines is 1. The van der Waals surface area contributed by atoms with Crippen LogP contribution in [0.25, 0.3) is 0 Å². The van der Waals surface area contributed by atoms with Gasteiger partial charge in [-0.25, -0.2) is 4.98 Å². The molecule has 3 N–H and O–H groups in total. The maximum Gasteiger partial charge on any atom is 0.293 e. The van der Waals surface area contributed by atoms with Crippen LogP contribution in [0.2, 0.25) is 0 Å². The lowest BCUT2D eigenvalue weighted by atomic mass is 10.2. The molecule has 0 aliphatic carbocycles. The molecule has 0 fully saturated rings. The first-order valence-corrected chi connectivity index (χ1v) is 6.50. The summed E-state index contributed by atoms with van der Waals surface area (Å²) in [5, 5.41) is 10.5. The number of amides is 1. The molecule has 0 radical (unpaired) electrons. The van der Waals surface area contributed by atoms with Gasteiger partial charge in [0.15, 0.2) is 5.76 Å². The zero-order valence-corrected chi connectivity index (χ0v) is 11.5. The van der Waals surface area contributed by atoms with Crippen molar-refractivity contribution in [2.24, 2.45) is 5.73 Å². The van der Waals surface area contributed by atoms with Crippen molar-refractivity contribution in [3.05, 3.63) is 35.0 Å². The molecule has 0 aromatic carbocycles. The number of nitrogens with zero attached hydrogens (tertiary/aromatic N) is 3. The lowest BCUT2D eigenvalue weighted by Gasteiger charge is -2.05. The largest absolute Gasteiger partial charge is 0.455 e. The molecule has 0 unspecified atom stereocenters. The van der Waals surface area contributed by atoms with E-state index >= 15 is 0 Å². The fourth-order valence-electron chi connectivity index (χ4n) is 1.76. The molecule has 0 saturated carbocycles. The van der Waals surface area contributed by atoms with Crippen LogP contribution >= 0.6 is 0 Å². The number of rotatable bonds is 5. The SMILES string of the molecule is CCc1nnc(NC(=O)c2ccc(CN)o2)nc1CC. The highest BCUT2D eigenvalue weighted by molar-refractivity contribution is 6.01. The molecule has 0 atom stereocenters. The van der Waals surface area contributed by atoms with Gasteiger partial charge in [-0.2, -0.15) is 0 Å². The van der Waals surface area contributed by atoms with Gasteiger partial charge in [0.25, 0.3) is 5.91 Å². The molecule has 7 nitrogen and oxygen atoms in total. The predicted molar refractivity (Wildman–Crippen MR) is 73.1 cm³/mol. The van der Waals surface area contributed by atoms with Crippen molar-refractivity contribution < 1.29 is 9.21 Å². The van der Waals surface area contributed by atoms with Crippen molar-refractivity contribution in [1.82, 2.24) is 15.2 Å². The van der Waals surface area contributed by atoms with E-state index in [0.717, 1.165) is 24.2 Å². The van der Waals surface area contributed by atoms with Crippen molar-refractivity contribution in [3.8, 4) is 0 Å². The fourth-order valence-corrected chi connectivity index (χ4v) is 1.76. The monoisotopic (exact) mass is 275 g/mol. The average molecular weight is 275 g/mol. The molecular formula is C13H17N5O2. The molecule has 0 spiro atoms. The molecule has 0 saturated heterocycles. The molecular weight excluding hydrogens is 258 g/mol. The molecule has 0 bridgehead atoms. The van der Waals surface area contributed by atoms with Crippen LogP contribution in [0.15, 0.2) is 16.5 Å². The average Bonchev–Trinajstić information content (AvgIpc) is 2.96. The van der Waals surface area contributed by atoms with Crippen molar-refractivity contribution in [2.45, 2.75) is 33.2 Å². The molecule has 20 heavy (non-hydrogen) atoms. The number of carbonyl (C=O) groups is 1. The van der Waals surface area contributed by atoms with Crippen LogP contribution in [0.5, 0.6) is 0 Å². The third-order valence-corrected chi connectivity index (χ3v) is 2.82. The fraction of sp³-hybridized carbons (Fsp3) is 0.385. The van der Waals surface area contributed by atoms with Crippen LogP contribution in [-0.4, -0.2) is 21.1 Å². The Hall–Kier alpha value is -2.28. The minimum atomic E-state index is -0.419. The summed E-state index contributed by atoms with van der Waals surface area (Å²) in [5.41, 5.74) is 7.10. The van der Waals surface area contributed by atoms with Gasteiger partial charge in [-0.3, -0.25) is 10.1 Å². The van der Waals surface area contributed by atoms with E-state index in [1.807, 2.05) is 13.8 Å². The highest BCUT2D eigenvalue weighted by atomic mass is 16.4. The molecule has 7 heteroatoms. The van der Waals surface area contributed by atoms with E-state index in [9.17, 15) is 4.79 Å². The molecule has 0 aliphatic rings. The molecule has 2 aromatic heterocycles.